The molecule has 1 saturated heterocycles. The third kappa shape index (κ3) is 3.75. The number of rotatable bonds is 5. The minimum absolute atomic E-state index is 0.142. The van der Waals surface area contributed by atoms with Crippen molar-refractivity contribution in [2.75, 3.05) is 6.54 Å². The second kappa shape index (κ2) is 7.66. The summed E-state index contributed by atoms with van der Waals surface area (Å²) in [7, 11) is 0. The highest BCUT2D eigenvalue weighted by atomic mass is 19.1. The van der Waals surface area contributed by atoms with E-state index in [-0.39, 0.29) is 17.2 Å². The van der Waals surface area contributed by atoms with Crippen molar-refractivity contribution in [2.45, 2.75) is 31.4 Å². The molecule has 0 radical (unpaired) electrons. The maximum absolute atomic E-state index is 14.2. The predicted molar refractivity (Wildman–Crippen MR) is 93.4 cm³/mol. The normalized spacial score (nSPS) is 17.9. The van der Waals surface area contributed by atoms with Crippen LogP contribution in [0.25, 0.3) is 0 Å². The van der Waals surface area contributed by atoms with E-state index < -0.39 is 23.8 Å². The standard InChI is InChI=1S/C20H20FNO4/c21-17-11-14(20(25)26)8-9-16(17)19(24)22-10-4-7-15(22)12-18(23)13-5-2-1-3-6-13/h1-3,5-6,8-9,11,15,18,23H,4,7,10,12H2,(H,25,26). The molecule has 2 aromatic carbocycles. The van der Waals surface area contributed by atoms with Gasteiger partial charge < -0.3 is 15.1 Å². The van der Waals surface area contributed by atoms with Gasteiger partial charge in [0.1, 0.15) is 5.82 Å². The molecule has 2 N–H and O–H groups in total. The van der Waals surface area contributed by atoms with Gasteiger partial charge in [0.05, 0.1) is 17.2 Å². The maximum Gasteiger partial charge on any atom is 0.335 e. The van der Waals surface area contributed by atoms with E-state index in [1.807, 2.05) is 30.3 Å². The maximum atomic E-state index is 14.2. The topological polar surface area (TPSA) is 77.8 Å². The molecule has 3 rings (SSSR count). The van der Waals surface area contributed by atoms with Crippen LogP contribution >= 0.6 is 0 Å². The second-order valence-electron chi connectivity index (χ2n) is 6.46. The molecule has 0 aromatic heterocycles. The number of aromatic carboxylic acids is 1. The van der Waals surface area contributed by atoms with Crippen molar-refractivity contribution >= 4 is 11.9 Å². The zero-order chi connectivity index (χ0) is 18.7. The Hall–Kier alpha value is -2.73. The highest BCUT2D eigenvalue weighted by Crippen LogP contribution is 2.29. The molecule has 6 heteroatoms. The van der Waals surface area contributed by atoms with E-state index in [0.29, 0.717) is 13.0 Å². The molecule has 1 heterocycles. The summed E-state index contributed by atoms with van der Waals surface area (Å²) in [4.78, 5) is 25.2. The van der Waals surface area contributed by atoms with Crippen LogP contribution in [0.1, 0.15) is 51.6 Å². The van der Waals surface area contributed by atoms with E-state index in [0.717, 1.165) is 24.5 Å². The first kappa shape index (κ1) is 18.1. The van der Waals surface area contributed by atoms with E-state index in [9.17, 15) is 19.1 Å². The Morgan fingerprint density at radius 1 is 1.19 bits per heavy atom. The van der Waals surface area contributed by atoms with E-state index >= 15 is 0 Å². The van der Waals surface area contributed by atoms with Crippen molar-refractivity contribution in [2.24, 2.45) is 0 Å². The van der Waals surface area contributed by atoms with Crippen LogP contribution in [-0.4, -0.2) is 39.6 Å². The van der Waals surface area contributed by atoms with Crippen LogP contribution in [0.15, 0.2) is 48.5 Å². The van der Waals surface area contributed by atoms with Gasteiger partial charge >= 0.3 is 5.97 Å². The summed E-state index contributed by atoms with van der Waals surface area (Å²) in [5.41, 5.74) is 0.441. The minimum atomic E-state index is -1.24. The van der Waals surface area contributed by atoms with Gasteiger partial charge in [0.25, 0.3) is 5.91 Å². The van der Waals surface area contributed by atoms with Crippen LogP contribution in [-0.2, 0) is 0 Å². The van der Waals surface area contributed by atoms with Crippen LogP contribution < -0.4 is 0 Å². The number of nitrogens with zero attached hydrogens (tertiary/aromatic N) is 1. The van der Waals surface area contributed by atoms with Gasteiger partial charge in [0.15, 0.2) is 0 Å². The van der Waals surface area contributed by atoms with Crippen molar-refractivity contribution < 1.29 is 24.2 Å². The molecule has 1 aliphatic heterocycles. The first-order valence-electron chi connectivity index (χ1n) is 8.54. The van der Waals surface area contributed by atoms with Gasteiger partial charge in [-0.15, -0.1) is 0 Å². The van der Waals surface area contributed by atoms with Crippen molar-refractivity contribution in [3.05, 3.63) is 71.0 Å². The number of halogens is 1. The van der Waals surface area contributed by atoms with Crippen LogP contribution in [0, 0.1) is 5.82 Å². The fourth-order valence-electron chi connectivity index (χ4n) is 3.39. The number of carboxylic acids is 1. The summed E-state index contributed by atoms with van der Waals surface area (Å²) in [6.45, 7) is 0.491. The monoisotopic (exact) mass is 357 g/mol. The number of carbonyl (C=O) groups excluding carboxylic acids is 1. The third-order valence-corrected chi connectivity index (χ3v) is 4.76. The smallest absolute Gasteiger partial charge is 0.335 e. The Balaban J connectivity index is 1.75. The summed E-state index contributed by atoms with van der Waals surface area (Å²) < 4.78 is 14.2. The summed E-state index contributed by atoms with van der Waals surface area (Å²) in [5.74, 6) is -2.56. The molecule has 2 atom stereocenters. The molecule has 5 nitrogen and oxygen atoms in total. The van der Waals surface area contributed by atoms with E-state index in [4.69, 9.17) is 5.11 Å². The Labute approximate surface area is 150 Å². The number of benzene rings is 2. The lowest BCUT2D eigenvalue weighted by molar-refractivity contribution is 0.0656. The molecule has 0 bridgehead atoms. The van der Waals surface area contributed by atoms with Gasteiger partial charge in [-0.05, 0) is 43.0 Å². The van der Waals surface area contributed by atoms with Gasteiger partial charge in [-0.3, -0.25) is 4.79 Å². The van der Waals surface area contributed by atoms with Crippen LogP contribution in [0.4, 0.5) is 4.39 Å². The van der Waals surface area contributed by atoms with Gasteiger partial charge in [-0.25, -0.2) is 9.18 Å². The highest BCUT2D eigenvalue weighted by molar-refractivity contribution is 5.96. The van der Waals surface area contributed by atoms with Crippen molar-refractivity contribution in [3.63, 3.8) is 0 Å². The summed E-state index contributed by atoms with van der Waals surface area (Å²) in [6.07, 6.45) is 1.20. The molecule has 26 heavy (non-hydrogen) atoms. The Morgan fingerprint density at radius 2 is 1.92 bits per heavy atom. The SMILES string of the molecule is O=C(O)c1ccc(C(=O)N2CCCC2CC(O)c2ccccc2)c(F)c1. The molecule has 1 fully saturated rings. The number of carbonyl (C=O) groups is 2. The van der Waals surface area contributed by atoms with E-state index in [1.165, 1.54) is 12.1 Å². The lowest BCUT2D eigenvalue weighted by Gasteiger charge is -2.27. The lowest BCUT2D eigenvalue weighted by Crippen LogP contribution is -2.37. The Kier molecular flexibility index (Phi) is 5.32. The lowest BCUT2D eigenvalue weighted by atomic mass is 10.00. The van der Waals surface area contributed by atoms with Crippen molar-refractivity contribution in [1.82, 2.24) is 4.90 Å². The molecule has 2 aromatic rings. The van der Waals surface area contributed by atoms with Crippen LogP contribution in [0.5, 0.6) is 0 Å². The number of carboxylic acid groups (broad SMARTS) is 1. The molecular weight excluding hydrogens is 337 g/mol. The first-order valence-corrected chi connectivity index (χ1v) is 8.54. The van der Waals surface area contributed by atoms with Crippen LogP contribution in [0.3, 0.4) is 0 Å². The largest absolute Gasteiger partial charge is 0.478 e. The average Bonchev–Trinajstić information content (AvgIpc) is 3.09. The van der Waals surface area contributed by atoms with Gasteiger partial charge in [0, 0.05) is 12.6 Å². The molecule has 0 saturated carbocycles. The summed E-state index contributed by atoms with van der Waals surface area (Å²) >= 11 is 0. The number of amides is 1. The Bertz CT molecular complexity index is 809. The zero-order valence-corrected chi connectivity index (χ0v) is 14.1. The fraction of sp³-hybridized carbons (Fsp3) is 0.300. The third-order valence-electron chi connectivity index (χ3n) is 4.76. The molecule has 1 aliphatic rings. The zero-order valence-electron chi connectivity index (χ0n) is 14.1. The second-order valence-corrected chi connectivity index (χ2v) is 6.46. The van der Waals surface area contributed by atoms with Crippen LogP contribution in [0.2, 0.25) is 0 Å². The molecule has 0 aliphatic carbocycles. The number of likely N-dealkylation sites (tertiary alicyclic amines) is 1. The fourth-order valence-corrected chi connectivity index (χ4v) is 3.39. The average molecular weight is 357 g/mol. The van der Waals surface area contributed by atoms with Crippen molar-refractivity contribution in [1.29, 1.82) is 0 Å². The number of aliphatic hydroxyl groups excluding tert-OH is 1. The first-order chi connectivity index (χ1) is 12.5. The summed E-state index contributed by atoms with van der Waals surface area (Å²) in [6, 6.07) is 12.3. The van der Waals surface area contributed by atoms with Gasteiger partial charge in [0.2, 0.25) is 0 Å². The quantitative estimate of drug-likeness (QED) is 0.861. The molecule has 1 amide bonds. The Morgan fingerprint density at radius 3 is 2.58 bits per heavy atom. The summed E-state index contributed by atoms with van der Waals surface area (Å²) in [5, 5.41) is 19.3. The molecule has 0 spiro atoms. The van der Waals surface area contributed by atoms with Gasteiger partial charge in [-0.2, -0.15) is 0 Å². The molecular formula is C20H20FNO4. The minimum Gasteiger partial charge on any atom is -0.478 e. The van der Waals surface area contributed by atoms with Gasteiger partial charge in [-0.1, -0.05) is 30.3 Å². The highest BCUT2D eigenvalue weighted by Gasteiger charge is 2.32. The van der Waals surface area contributed by atoms with E-state index in [2.05, 4.69) is 0 Å². The predicted octanol–water partition coefficient (Wildman–Crippen LogP) is 3.25. The van der Waals surface area contributed by atoms with E-state index in [1.54, 1.807) is 4.90 Å². The number of aliphatic hydroxyl groups is 1. The number of hydrogen-bond acceptors (Lipinski definition) is 3. The van der Waals surface area contributed by atoms with Crippen molar-refractivity contribution in [3.8, 4) is 0 Å². The molecule has 2 unspecified atom stereocenters. The number of hydrogen-bond donors (Lipinski definition) is 2. The molecule has 136 valence electrons.